The van der Waals surface area contributed by atoms with Gasteiger partial charge in [0.15, 0.2) is 5.78 Å². The van der Waals surface area contributed by atoms with Crippen molar-refractivity contribution in [1.82, 2.24) is 4.90 Å². The number of Topliss-reactive ketones (excluding diaryl/α,β-unsaturated/α-hetero) is 1. The third-order valence-electron chi connectivity index (χ3n) is 4.21. The first-order chi connectivity index (χ1) is 11.6. The summed E-state index contributed by atoms with van der Waals surface area (Å²) in [6, 6.07) is 15.3. The van der Waals surface area contributed by atoms with Crippen LogP contribution in [0.2, 0.25) is 5.02 Å². The van der Waals surface area contributed by atoms with Crippen LogP contribution in [-0.2, 0) is 4.74 Å². The molecule has 1 atom stereocenters. The number of hydrogen-bond acceptors (Lipinski definition) is 3. The molecule has 2 aromatic carbocycles. The highest BCUT2D eigenvalue weighted by molar-refractivity contribution is 9.10. The van der Waals surface area contributed by atoms with Crippen LogP contribution >= 0.6 is 27.5 Å². The molecule has 1 aliphatic rings. The van der Waals surface area contributed by atoms with Crippen molar-refractivity contribution < 1.29 is 9.53 Å². The molecule has 5 heteroatoms. The van der Waals surface area contributed by atoms with Crippen LogP contribution in [0.4, 0.5) is 0 Å². The zero-order valence-electron chi connectivity index (χ0n) is 13.3. The normalized spacial score (nSPS) is 18.5. The minimum Gasteiger partial charge on any atom is -0.371 e. The van der Waals surface area contributed by atoms with Crippen molar-refractivity contribution >= 4 is 33.3 Å². The number of carbonyl (C=O) groups is 1. The molecule has 0 aliphatic carbocycles. The van der Waals surface area contributed by atoms with E-state index < -0.39 is 0 Å². The molecule has 0 amide bonds. The summed E-state index contributed by atoms with van der Waals surface area (Å²) < 4.78 is 6.85. The van der Waals surface area contributed by atoms with E-state index in [2.05, 4.69) is 20.8 Å². The largest absolute Gasteiger partial charge is 0.371 e. The van der Waals surface area contributed by atoms with Gasteiger partial charge in [-0.05, 0) is 29.8 Å². The Bertz CT molecular complexity index is 688. The molecule has 0 N–H and O–H groups in total. The number of nitrogens with zero attached hydrogens (tertiary/aromatic N) is 1. The highest BCUT2D eigenvalue weighted by Crippen LogP contribution is 2.24. The van der Waals surface area contributed by atoms with Crippen molar-refractivity contribution in [3.63, 3.8) is 0 Å². The average molecular weight is 409 g/mol. The van der Waals surface area contributed by atoms with Crippen molar-refractivity contribution in [3.05, 3.63) is 69.2 Å². The fourth-order valence-electron chi connectivity index (χ4n) is 2.82. The minimum atomic E-state index is 0.0406. The highest BCUT2D eigenvalue weighted by atomic mass is 79.9. The maximum Gasteiger partial charge on any atom is 0.164 e. The number of rotatable bonds is 5. The van der Waals surface area contributed by atoms with E-state index in [9.17, 15) is 4.79 Å². The number of morpholine rings is 1. The van der Waals surface area contributed by atoms with E-state index in [-0.39, 0.29) is 11.9 Å². The fraction of sp³-hybridized carbons (Fsp3) is 0.316. The molecule has 1 fully saturated rings. The molecule has 0 bridgehead atoms. The minimum absolute atomic E-state index is 0.0406. The Morgan fingerprint density at radius 3 is 2.58 bits per heavy atom. The first-order valence-electron chi connectivity index (χ1n) is 8.00. The summed E-state index contributed by atoms with van der Waals surface area (Å²) in [5.41, 5.74) is 1.89. The van der Waals surface area contributed by atoms with Crippen LogP contribution in [0.3, 0.4) is 0 Å². The second-order valence-corrected chi connectivity index (χ2v) is 7.24. The maximum absolute atomic E-state index is 12.3. The van der Waals surface area contributed by atoms with Gasteiger partial charge >= 0.3 is 0 Å². The number of benzene rings is 2. The second-order valence-electron chi connectivity index (χ2n) is 5.89. The van der Waals surface area contributed by atoms with Gasteiger partial charge in [0.2, 0.25) is 0 Å². The van der Waals surface area contributed by atoms with Gasteiger partial charge in [-0.25, -0.2) is 0 Å². The Labute approximate surface area is 155 Å². The topological polar surface area (TPSA) is 29.5 Å². The monoisotopic (exact) mass is 407 g/mol. The summed E-state index contributed by atoms with van der Waals surface area (Å²) in [7, 11) is 0. The van der Waals surface area contributed by atoms with Crippen LogP contribution in [0.5, 0.6) is 0 Å². The lowest BCUT2D eigenvalue weighted by atomic mass is 10.1. The van der Waals surface area contributed by atoms with E-state index in [1.807, 2.05) is 48.5 Å². The van der Waals surface area contributed by atoms with E-state index in [1.54, 1.807) is 0 Å². The van der Waals surface area contributed by atoms with E-state index in [4.69, 9.17) is 16.3 Å². The number of halogens is 2. The molecule has 0 radical (unpaired) electrons. The fourth-order valence-corrected chi connectivity index (χ4v) is 3.21. The summed E-state index contributed by atoms with van der Waals surface area (Å²) in [4.78, 5) is 14.6. The summed E-state index contributed by atoms with van der Waals surface area (Å²) in [6.45, 7) is 3.09. The summed E-state index contributed by atoms with van der Waals surface area (Å²) in [5, 5.41) is 0.728. The lowest BCUT2D eigenvalue weighted by molar-refractivity contribution is -0.0297. The van der Waals surface area contributed by atoms with Crippen LogP contribution in [0.15, 0.2) is 53.0 Å². The molecule has 24 heavy (non-hydrogen) atoms. The van der Waals surface area contributed by atoms with Gasteiger partial charge in [0, 0.05) is 41.1 Å². The molecule has 0 saturated carbocycles. The standard InChI is InChI=1S/C19H19BrClNO2/c20-16-5-1-14(2-6-16)18(23)9-10-22-11-12-24-19(13-22)15-3-7-17(21)8-4-15/h1-8,19H,9-13H2. The Hall–Kier alpha value is -1.20. The smallest absolute Gasteiger partial charge is 0.164 e. The van der Waals surface area contributed by atoms with Crippen molar-refractivity contribution in [2.45, 2.75) is 12.5 Å². The SMILES string of the molecule is O=C(CCN1CCOC(c2ccc(Cl)cc2)C1)c1ccc(Br)cc1. The van der Waals surface area contributed by atoms with Crippen molar-refractivity contribution in [1.29, 1.82) is 0 Å². The number of ether oxygens (including phenoxy) is 1. The number of hydrogen-bond donors (Lipinski definition) is 0. The van der Waals surface area contributed by atoms with Gasteiger partial charge in [-0.3, -0.25) is 9.69 Å². The van der Waals surface area contributed by atoms with Crippen LogP contribution in [0, 0.1) is 0 Å². The van der Waals surface area contributed by atoms with Crippen LogP contribution in [-0.4, -0.2) is 36.9 Å². The van der Waals surface area contributed by atoms with Crippen molar-refractivity contribution in [2.75, 3.05) is 26.2 Å². The molecular formula is C19H19BrClNO2. The van der Waals surface area contributed by atoms with E-state index in [0.29, 0.717) is 13.0 Å². The third-order valence-corrected chi connectivity index (χ3v) is 4.99. The molecule has 2 aromatic rings. The molecule has 3 rings (SSSR count). The lowest BCUT2D eigenvalue weighted by Gasteiger charge is -2.33. The third kappa shape index (κ3) is 4.67. The zero-order chi connectivity index (χ0) is 16.9. The van der Waals surface area contributed by atoms with Crippen LogP contribution < -0.4 is 0 Å². The van der Waals surface area contributed by atoms with Crippen molar-refractivity contribution in [3.8, 4) is 0 Å². The molecule has 1 aliphatic heterocycles. The van der Waals surface area contributed by atoms with Gasteiger partial charge in [0.25, 0.3) is 0 Å². The Morgan fingerprint density at radius 2 is 1.88 bits per heavy atom. The summed E-state index contributed by atoms with van der Waals surface area (Å²) in [5.74, 6) is 0.178. The maximum atomic E-state index is 12.3. The Balaban J connectivity index is 1.54. The molecule has 1 heterocycles. The predicted octanol–water partition coefficient (Wildman–Crippen LogP) is 4.75. The lowest BCUT2D eigenvalue weighted by Crippen LogP contribution is -2.39. The average Bonchev–Trinajstić information content (AvgIpc) is 2.61. The summed E-state index contributed by atoms with van der Waals surface area (Å²) >= 11 is 9.33. The van der Waals surface area contributed by atoms with E-state index >= 15 is 0 Å². The predicted molar refractivity (Wildman–Crippen MR) is 99.7 cm³/mol. The molecule has 1 unspecified atom stereocenters. The van der Waals surface area contributed by atoms with Gasteiger partial charge in [0.1, 0.15) is 0 Å². The molecule has 1 saturated heterocycles. The quantitative estimate of drug-likeness (QED) is 0.669. The second kappa shape index (κ2) is 8.26. The molecule has 0 aromatic heterocycles. The molecule has 0 spiro atoms. The molecule has 126 valence electrons. The van der Waals surface area contributed by atoms with Crippen LogP contribution in [0.25, 0.3) is 0 Å². The van der Waals surface area contributed by atoms with Gasteiger partial charge in [-0.15, -0.1) is 0 Å². The summed E-state index contributed by atoms with van der Waals surface area (Å²) in [6.07, 6.45) is 0.563. The van der Waals surface area contributed by atoms with Gasteiger partial charge < -0.3 is 4.74 Å². The first kappa shape index (κ1) is 17.6. The number of ketones is 1. The Morgan fingerprint density at radius 1 is 1.17 bits per heavy atom. The number of carbonyl (C=O) groups excluding carboxylic acids is 1. The zero-order valence-corrected chi connectivity index (χ0v) is 15.6. The van der Waals surface area contributed by atoms with Gasteiger partial charge in [0.05, 0.1) is 12.7 Å². The van der Waals surface area contributed by atoms with E-state index in [0.717, 1.165) is 40.3 Å². The van der Waals surface area contributed by atoms with Crippen molar-refractivity contribution in [2.24, 2.45) is 0 Å². The van der Waals surface area contributed by atoms with Gasteiger partial charge in [-0.1, -0.05) is 51.8 Å². The van der Waals surface area contributed by atoms with Crippen LogP contribution in [0.1, 0.15) is 28.4 Å². The highest BCUT2D eigenvalue weighted by Gasteiger charge is 2.22. The van der Waals surface area contributed by atoms with E-state index in [1.165, 1.54) is 0 Å². The Kier molecular flexibility index (Phi) is 6.06. The molecular weight excluding hydrogens is 390 g/mol. The molecule has 3 nitrogen and oxygen atoms in total. The first-order valence-corrected chi connectivity index (χ1v) is 9.17. The van der Waals surface area contributed by atoms with Gasteiger partial charge in [-0.2, -0.15) is 0 Å².